The van der Waals surface area contributed by atoms with Crippen molar-refractivity contribution in [3.05, 3.63) is 42.5 Å². The molecular formula is C9H9NaO2. The number of carbonyl (C=O) groups is 1. The first-order chi connectivity index (χ1) is 5.22. The van der Waals surface area contributed by atoms with Gasteiger partial charge in [-0.1, -0.05) is 36.9 Å². The number of hydrogen-bond donors (Lipinski definition) is 1. The van der Waals surface area contributed by atoms with E-state index in [0.717, 1.165) is 0 Å². The van der Waals surface area contributed by atoms with Gasteiger partial charge in [0.25, 0.3) is 0 Å². The molecule has 0 aromatic heterocycles. The standard InChI is InChI=1S/C9H8O2.Na.H/c1-7(9(10)11)8-5-3-2-4-6-8;;/h2-6H,1H2,(H,10,11);;. The van der Waals surface area contributed by atoms with E-state index in [1.807, 2.05) is 6.07 Å². The van der Waals surface area contributed by atoms with Crippen molar-refractivity contribution in [2.75, 3.05) is 0 Å². The van der Waals surface area contributed by atoms with E-state index in [-0.39, 0.29) is 35.1 Å². The van der Waals surface area contributed by atoms with Gasteiger partial charge in [-0.25, -0.2) is 4.79 Å². The Labute approximate surface area is 93.2 Å². The average Bonchev–Trinajstić information content (AvgIpc) is 2.05. The third-order valence-corrected chi connectivity index (χ3v) is 1.38. The van der Waals surface area contributed by atoms with Crippen LogP contribution in [0.2, 0.25) is 0 Å². The van der Waals surface area contributed by atoms with Crippen molar-refractivity contribution in [2.45, 2.75) is 0 Å². The predicted molar refractivity (Wildman–Crippen MR) is 50.3 cm³/mol. The Morgan fingerprint density at radius 1 is 1.25 bits per heavy atom. The molecule has 0 aliphatic carbocycles. The van der Waals surface area contributed by atoms with Crippen molar-refractivity contribution in [3.8, 4) is 0 Å². The SMILES string of the molecule is C=C(C(=O)O)c1ccccc1.[NaH]. The molecule has 0 bridgehead atoms. The Kier molecular flexibility index (Phi) is 4.90. The van der Waals surface area contributed by atoms with Crippen LogP contribution in [0.4, 0.5) is 0 Å². The Morgan fingerprint density at radius 3 is 2.17 bits per heavy atom. The first kappa shape index (κ1) is 11.4. The van der Waals surface area contributed by atoms with Gasteiger partial charge in [0.1, 0.15) is 0 Å². The van der Waals surface area contributed by atoms with Crippen LogP contribution in [0.3, 0.4) is 0 Å². The predicted octanol–water partition coefficient (Wildman–Crippen LogP) is 1.14. The summed E-state index contributed by atoms with van der Waals surface area (Å²) < 4.78 is 0. The van der Waals surface area contributed by atoms with Crippen molar-refractivity contribution in [2.24, 2.45) is 0 Å². The Bertz CT molecular complexity index is 280. The molecule has 1 aromatic rings. The minimum atomic E-state index is -0.976. The van der Waals surface area contributed by atoms with E-state index in [2.05, 4.69) is 6.58 Å². The van der Waals surface area contributed by atoms with Crippen molar-refractivity contribution in [3.63, 3.8) is 0 Å². The molecule has 2 nitrogen and oxygen atoms in total. The van der Waals surface area contributed by atoms with Crippen LogP contribution in [0.15, 0.2) is 36.9 Å². The molecule has 0 saturated heterocycles. The topological polar surface area (TPSA) is 37.3 Å². The molecule has 1 N–H and O–H groups in total. The maximum absolute atomic E-state index is 10.4. The first-order valence-corrected chi connectivity index (χ1v) is 3.19. The van der Waals surface area contributed by atoms with Crippen LogP contribution in [0.1, 0.15) is 5.56 Å². The average molecular weight is 172 g/mol. The molecule has 0 heterocycles. The van der Waals surface area contributed by atoms with Gasteiger partial charge in [-0.2, -0.15) is 0 Å². The molecule has 0 unspecified atom stereocenters. The van der Waals surface area contributed by atoms with Gasteiger partial charge in [-0.05, 0) is 5.56 Å². The zero-order chi connectivity index (χ0) is 8.27. The molecule has 3 heteroatoms. The van der Waals surface area contributed by atoms with Crippen molar-refractivity contribution in [1.29, 1.82) is 0 Å². The Balaban J connectivity index is 0.00000121. The van der Waals surface area contributed by atoms with E-state index in [1.165, 1.54) is 0 Å². The fourth-order valence-electron chi connectivity index (χ4n) is 0.763. The van der Waals surface area contributed by atoms with Gasteiger partial charge in [0.15, 0.2) is 0 Å². The summed E-state index contributed by atoms with van der Waals surface area (Å²) in [4.78, 5) is 10.4. The molecule has 0 fully saturated rings. The van der Waals surface area contributed by atoms with Crippen molar-refractivity contribution in [1.82, 2.24) is 0 Å². The van der Waals surface area contributed by atoms with Gasteiger partial charge < -0.3 is 5.11 Å². The molecule has 0 aliphatic rings. The van der Waals surface area contributed by atoms with E-state index in [0.29, 0.717) is 5.56 Å². The van der Waals surface area contributed by atoms with Crippen molar-refractivity contribution < 1.29 is 9.90 Å². The second-order valence-corrected chi connectivity index (χ2v) is 2.15. The van der Waals surface area contributed by atoms with Crippen LogP contribution < -0.4 is 0 Å². The summed E-state index contributed by atoms with van der Waals surface area (Å²) in [5.74, 6) is -0.976. The molecule has 0 saturated carbocycles. The molecule has 0 spiro atoms. The summed E-state index contributed by atoms with van der Waals surface area (Å²) in [5.41, 5.74) is 0.783. The molecular weight excluding hydrogens is 163 g/mol. The Hall–Kier alpha value is -0.570. The Morgan fingerprint density at radius 2 is 1.75 bits per heavy atom. The van der Waals surface area contributed by atoms with Crippen LogP contribution in [0.25, 0.3) is 5.57 Å². The van der Waals surface area contributed by atoms with Crippen LogP contribution in [-0.2, 0) is 4.79 Å². The van der Waals surface area contributed by atoms with Gasteiger partial charge in [0, 0.05) is 0 Å². The molecule has 0 aliphatic heterocycles. The van der Waals surface area contributed by atoms with Crippen LogP contribution in [0.5, 0.6) is 0 Å². The molecule has 1 aromatic carbocycles. The summed E-state index contributed by atoms with van der Waals surface area (Å²) in [6.07, 6.45) is 0. The van der Waals surface area contributed by atoms with Gasteiger partial charge >= 0.3 is 35.5 Å². The van der Waals surface area contributed by atoms with E-state index >= 15 is 0 Å². The third-order valence-electron chi connectivity index (χ3n) is 1.38. The zero-order valence-corrected chi connectivity index (χ0v) is 5.95. The molecule has 0 atom stereocenters. The van der Waals surface area contributed by atoms with Crippen LogP contribution in [-0.4, -0.2) is 40.6 Å². The summed E-state index contributed by atoms with van der Waals surface area (Å²) >= 11 is 0. The van der Waals surface area contributed by atoms with E-state index in [9.17, 15) is 4.79 Å². The maximum atomic E-state index is 10.4. The first-order valence-electron chi connectivity index (χ1n) is 3.19. The molecule has 0 amide bonds. The fourth-order valence-corrected chi connectivity index (χ4v) is 0.763. The third kappa shape index (κ3) is 2.81. The zero-order valence-electron chi connectivity index (χ0n) is 5.95. The summed E-state index contributed by atoms with van der Waals surface area (Å²) in [7, 11) is 0. The van der Waals surface area contributed by atoms with Gasteiger partial charge in [0.05, 0.1) is 5.57 Å². The van der Waals surface area contributed by atoms with Crippen molar-refractivity contribution >= 4 is 41.1 Å². The van der Waals surface area contributed by atoms with E-state index in [4.69, 9.17) is 5.11 Å². The van der Waals surface area contributed by atoms with Crippen LogP contribution >= 0.6 is 0 Å². The monoisotopic (exact) mass is 172 g/mol. The normalized spacial score (nSPS) is 8.33. The van der Waals surface area contributed by atoms with Gasteiger partial charge in [-0.15, -0.1) is 0 Å². The summed E-state index contributed by atoms with van der Waals surface area (Å²) in [5, 5.41) is 8.54. The summed E-state index contributed by atoms with van der Waals surface area (Å²) in [6, 6.07) is 8.83. The van der Waals surface area contributed by atoms with Crippen LogP contribution in [0, 0.1) is 0 Å². The van der Waals surface area contributed by atoms with E-state index in [1.54, 1.807) is 24.3 Å². The van der Waals surface area contributed by atoms with Gasteiger partial charge in [0.2, 0.25) is 0 Å². The summed E-state index contributed by atoms with van der Waals surface area (Å²) in [6.45, 7) is 3.42. The number of hydrogen-bond acceptors (Lipinski definition) is 1. The van der Waals surface area contributed by atoms with E-state index < -0.39 is 5.97 Å². The number of benzene rings is 1. The second kappa shape index (κ2) is 5.14. The molecule has 0 radical (unpaired) electrons. The minimum absolute atomic E-state index is 0. The molecule has 1 rings (SSSR count). The van der Waals surface area contributed by atoms with Gasteiger partial charge in [-0.3, -0.25) is 0 Å². The fraction of sp³-hybridized carbons (Fsp3) is 0. The number of carboxylic acids is 1. The number of aliphatic carboxylic acids is 1. The number of rotatable bonds is 2. The quantitative estimate of drug-likeness (QED) is 0.536. The number of carboxylic acid groups (broad SMARTS) is 1. The second-order valence-electron chi connectivity index (χ2n) is 2.15. The molecule has 58 valence electrons. The molecule has 12 heavy (non-hydrogen) atoms.